The minimum atomic E-state index is -0.586. The Labute approximate surface area is 146 Å². The van der Waals surface area contributed by atoms with E-state index in [0.29, 0.717) is 22.1 Å². The number of hydrogen-bond acceptors (Lipinski definition) is 5. The summed E-state index contributed by atoms with van der Waals surface area (Å²) in [6.07, 6.45) is 1.55. The van der Waals surface area contributed by atoms with Crippen LogP contribution in [0.2, 0.25) is 0 Å². The van der Waals surface area contributed by atoms with Crippen molar-refractivity contribution in [3.63, 3.8) is 0 Å². The van der Waals surface area contributed by atoms with E-state index in [1.165, 1.54) is 36.5 Å². The van der Waals surface area contributed by atoms with E-state index in [4.69, 9.17) is 4.42 Å². The summed E-state index contributed by atoms with van der Waals surface area (Å²) in [5.74, 6) is -0.644. The fourth-order valence-corrected chi connectivity index (χ4v) is 2.95. The number of thiazole rings is 1. The molecular formula is C17H14FN3O3S. The van der Waals surface area contributed by atoms with Crippen LogP contribution in [0.1, 0.15) is 12.6 Å². The first-order valence-corrected chi connectivity index (χ1v) is 8.24. The van der Waals surface area contributed by atoms with Gasteiger partial charge in [-0.3, -0.25) is 9.59 Å². The number of benzene rings is 1. The number of anilines is 2. The SMILES string of the molecule is CC(=O)Nc1ccc(F)c(NC(=O)Cc2csc(-c3ccco3)n2)c1. The van der Waals surface area contributed by atoms with Crippen LogP contribution in [0.5, 0.6) is 0 Å². The molecule has 0 atom stereocenters. The molecule has 0 aliphatic heterocycles. The second-order valence-electron chi connectivity index (χ2n) is 5.22. The molecule has 0 aliphatic rings. The molecule has 2 N–H and O–H groups in total. The molecule has 0 radical (unpaired) electrons. The zero-order chi connectivity index (χ0) is 17.8. The predicted molar refractivity (Wildman–Crippen MR) is 92.9 cm³/mol. The Kier molecular flexibility index (Phi) is 4.90. The summed E-state index contributed by atoms with van der Waals surface area (Å²) >= 11 is 1.36. The number of aromatic nitrogens is 1. The minimum Gasteiger partial charge on any atom is -0.462 e. The molecule has 0 unspecified atom stereocenters. The highest BCUT2D eigenvalue weighted by Gasteiger charge is 2.13. The van der Waals surface area contributed by atoms with Gasteiger partial charge in [0.2, 0.25) is 11.8 Å². The molecule has 0 saturated heterocycles. The maximum atomic E-state index is 13.8. The van der Waals surface area contributed by atoms with Crippen molar-refractivity contribution in [3.05, 3.63) is 53.5 Å². The van der Waals surface area contributed by atoms with Crippen LogP contribution in [0.3, 0.4) is 0 Å². The van der Waals surface area contributed by atoms with Gasteiger partial charge in [0.05, 0.1) is 24.1 Å². The highest BCUT2D eigenvalue weighted by Crippen LogP contribution is 2.24. The highest BCUT2D eigenvalue weighted by molar-refractivity contribution is 7.13. The van der Waals surface area contributed by atoms with Crippen LogP contribution in [0.15, 0.2) is 46.4 Å². The lowest BCUT2D eigenvalue weighted by Crippen LogP contribution is -2.16. The zero-order valence-electron chi connectivity index (χ0n) is 13.2. The number of nitrogens with one attached hydrogen (secondary N) is 2. The molecule has 1 aromatic carbocycles. The Morgan fingerprint density at radius 3 is 2.84 bits per heavy atom. The van der Waals surface area contributed by atoms with Gasteiger partial charge in [0.1, 0.15) is 5.82 Å². The average Bonchev–Trinajstić information content (AvgIpc) is 3.21. The van der Waals surface area contributed by atoms with E-state index in [2.05, 4.69) is 15.6 Å². The molecule has 2 aromatic heterocycles. The van der Waals surface area contributed by atoms with Gasteiger partial charge in [-0.15, -0.1) is 11.3 Å². The van der Waals surface area contributed by atoms with Gasteiger partial charge in [0.15, 0.2) is 10.8 Å². The van der Waals surface area contributed by atoms with E-state index in [-0.39, 0.29) is 18.0 Å². The molecule has 0 saturated carbocycles. The van der Waals surface area contributed by atoms with E-state index < -0.39 is 11.7 Å². The number of rotatable bonds is 5. The van der Waals surface area contributed by atoms with Gasteiger partial charge >= 0.3 is 0 Å². The third kappa shape index (κ3) is 4.30. The first-order valence-electron chi connectivity index (χ1n) is 7.36. The van der Waals surface area contributed by atoms with Crippen LogP contribution >= 0.6 is 11.3 Å². The summed E-state index contributed by atoms with van der Waals surface area (Å²) in [5.41, 5.74) is 0.961. The van der Waals surface area contributed by atoms with Crippen LogP contribution in [-0.4, -0.2) is 16.8 Å². The standard InChI is InChI=1S/C17H14FN3O3S/c1-10(22)19-11-4-5-13(18)14(7-11)21-16(23)8-12-9-25-17(20-12)15-3-2-6-24-15/h2-7,9H,8H2,1H3,(H,19,22)(H,21,23). The Balaban J connectivity index is 1.67. The third-order valence-corrected chi connectivity index (χ3v) is 4.09. The normalized spacial score (nSPS) is 10.5. The van der Waals surface area contributed by atoms with E-state index >= 15 is 0 Å². The van der Waals surface area contributed by atoms with Crippen molar-refractivity contribution in [1.82, 2.24) is 4.98 Å². The number of carbonyl (C=O) groups excluding carboxylic acids is 2. The van der Waals surface area contributed by atoms with Crippen molar-refractivity contribution in [3.8, 4) is 10.8 Å². The number of furan rings is 1. The van der Waals surface area contributed by atoms with Crippen LogP contribution in [0.4, 0.5) is 15.8 Å². The van der Waals surface area contributed by atoms with Gasteiger partial charge < -0.3 is 15.1 Å². The molecule has 0 fully saturated rings. The maximum absolute atomic E-state index is 13.8. The van der Waals surface area contributed by atoms with Crippen molar-refractivity contribution in [2.24, 2.45) is 0 Å². The first-order chi connectivity index (χ1) is 12.0. The second kappa shape index (κ2) is 7.27. The van der Waals surface area contributed by atoms with Crippen molar-refractivity contribution >= 4 is 34.5 Å². The summed E-state index contributed by atoms with van der Waals surface area (Å²) in [5, 5.41) is 7.45. The smallest absolute Gasteiger partial charge is 0.230 e. The fourth-order valence-electron chi connectivity index (χ4n) is 2.16. The molecule has 6 nitrogen and oxygen atoms in total. The first kappa shape index (κ1) is 16.8. The van der Waals surface area contributed by atoms with Crippen molar-refractivity contribution in [2.45, 2.75) is 13.3 Å². The van der Waals surface area contributed by atoms with Crippen molar-refractivity contribution in [1.29, 1.82) is 0 Å². The van der Waals surface area contributed by atoms with Crippen molar-refractivity contribution < 1.29 is 18.4 Å². The number of amides is 2. The molecule has 0 aliphatic carbocycles. The number of halogens is 1. The lowest BCUT2D eigenvalue weighted by Gasteiger charge is -2.08. The molecule has 0 bridgehead atoms. The van der Waals surface area contributed by atoms with Gasteiger partial charge in [-0.05, 0) is 30.3 Å². The van der Waals surface area contributed by atoms with Crippen LogP contribution in [0.25, 0.3) is 10.8 Å². The number of hydrogen-bond donors (Lipinski definition) is 2. The molecule has 2 heterocycles. The molecular weight excluding hydrogens is 345 g/mol. The predicted octanol–water partition coefficient (Wildman–Crippen LogP) is 3.68. The Bertz CT molecular complexity index is 906. The molecule has 128 valence electrons. The topological polar surface area (TPSA) is 84.2 Å². The van der Waals surface area contributed by atoms with Crippen LogP contribution < -0.4 is 10.6 Å². The van der Waals surface area contributed by atoms with Crippen molar-refractivity contribution in [2.75, 3.05) is 10.6 Å². The quantitative estimate of drug-likeness (QED) is 0.728. The largest absolute Gasteiger partial charge is 0.462 e. The lowest BCUT2D eigenvalue weighted by atomic mass is 10.2. The third-order valence-electron chi connectivity index (χ3n) is 3.19. The van der Waals surface area contributed by atoms with Crippen LogP contribution in [-0.2, 0) is 16.0 Å². The fraction of sp³-hybridized carbons (Fsp3) is 0.118. The number of carbonyl (C=O) groups is 2. The van der Waals surface area contributed by atoms with Gasteiger partial charge in [-0.1, -0.05) is 0 Å². The molecule has 8 heteroatoms. The summed E-state index contributed by atoms with van der Waals surface area (Å²) < 4.78 is 19.1. The van der Waals surface area contributed by atoms with E-state index in [0.717, 1.165) is 0 Å². The second-order valence-corrected chi connectivity index (χ2v) is 6.08. The molecule has 3 rings (SSSR count). The Morgan fingerprint density at radius 1 is 1.28 bits per heavy atom. The van der Waals surface area contributed by atoms with Gasteiger partial charge in [0.25, 0.3) is 0 Å². The van der Waals surface area contributed by atoms with Gasteiger partial charge in [-0.2, -0.15) is 0 Å². The highest BCUT2D eigenvalue weighted by atomic mass is 32.1. The number of nitrogens with zero attached hydrogens (tertiary/aromatic N) is 1. The summed E-state index contributed by atoms with van der Waals surface area (Å²) in [6.45, 7) is 1.35. The molecule has 25 heavy (non-hydrogen) atoms. The van der Waals surface area contributed by atoms with Gasteiger partial charge in [0, 0.05) is 18.0 Å². The van der Waals surface area contributed by atoms with Crippen LogP contribution in [0, 0.1) is 5.82 Å². The zero-order valence-corrected chi connectivity index (χ0v) is 14.0. The van der Waals surface area contributed by atoms with Gasteiger partial charge in [-0.25, -0.2) is 9.37 Å². The Hall–Kier alpha value is -3.00. The van der Waals surface area contributed by atoms with E-state index in [9.17, 15) is 14.0 Å². The van der Waals surface area contributed by atoms with E-state index in [1.807, 2.05) is 0 Å². The Morgan fingerprint density at radius 2 is 2.12 bits per heavy atom. The maximum Gasteiger partial charge on any atom is 0.230 e. The summed E-state index contributed by atoms with van der Waals surface area (Å²) in [7, 11) is 0. The molecule has 3 aromatic rings. The summed E-state index contributed by atoms with van der Waals surface area (Å²) in [4.78, 5) is 27.5. The average molecular weight is 359 g/mol. The molecule has 0 spiro atoms. The minimum absolute atomic E-state index is 0.00101. The lowest BCUT2D eigenvalue weighted by molar-refractivity contribution is -0.116. The molecule has 2 amide bonds. The summed E-state index contributed by atoms with van der Waals surface area (Å²) in [6, 6.07) is 7.50. The monoisotopic (exact) mass is 359 g/mol. The van der Waals surface area contributed by atoms with E-state index in [1.54, 1.807) is 23.8 Å².